The monoisotopic (exact) mass is 352 g/mol. The predicted octanol–water partition coefficient (Wildman–Crippen LogP) is -3.02. The average Bonchev–Trinajstić information content (AvgIpc) is 3.01. The van der Waals surface area contributed by atoms with E-state index in [2.05, 4.69) is 35.9 Å². The van der Waals surface area contributed by atoms with E-state index in [1.807, 2.05) is 4.68 Å². The summed E-state index contributed by atoms with van der Waals surface area (Å²) in [6, 6.07) is 0.544. The third-order valence-corrected chi connectivity index (χ3v) is 5.52. The van der Waals surface area contributed by atoms with Gasteiger partial charge in [-0.2, -0.15) is 0 Å². The molecule has 0 aromatic carbocycles. The number of hydrogen-bond donors (Lipinski definition) is 3. The number of rotatable bonds is 8. The van der Waals surface area contributed by atoms with Crippen molar-refractivity contribution >= 4 is 5.91 Å². The van der Waals surface area contributed by atoms with Crippen molar-refractivity contribution in [2.75, 3.05) is 47.4 Å². The van der Waals surface area contributed by atoms with E-state index < -0.39 is 0 Å². The first-order valence-electron chi connectivity index (χ1n) is 9.36. The maximum atomic E-state index is 12.4. The van der Waals surface area contributed by atoms with Gasteiger partial charge in [-0.05, 0) is 5.92 Å². The molecule has 0 aliphatic carbocycles. The van der Waals surface area contributed by atoms with Crippen molar-refractivity contribution in [3.8, 4) is 0 Å². The Hall–Kier alpha value is -1.51. The van der Waals surface area contributed by atoms with Crippen LogP contribution < -0.4 is 15.1 Å². The minimum absolute atomic E-state index is 0.153. The minimum Gasteiger partial charge on any atom is -0.383 e. The molecule has 1 unspecified atom stereocenters. The van der Waals surface area contributed by atoms with E-state index in [9.17, 15) is 4.79 Å². The summed E-state index contributed by atoms with van der Waals surface area (Å²) in [6.07, 6.45) is 4.33. The first-order chi connectivity index (χ1) is 12.1. The smallest absolute Gasteiger partial charge is 0.229 e. The summed E-state index contributed by atoms with van der Waals surface area (Å²) in [7, 11) is 5.89. The van der Waals surface area contributed by atoms with Crippen LogP contribution in [-0.4, -0.2) is 74.4 Å². The molecule has 0 spiro atoms. The second-order valence-electron chi connectivity index (χ2n) is 7.80. The number of quaternary nitrogens is 2. The molecule has 1 aromatic heterocycles. The van der Waals surface area contributed by atoms with Crippen LogP contribution in [0, 0.1) is 11.8 Å². The minimum atomic E-state index is 0.153. The van der Waals surface area contributed by atoms with Gasteiger partial charge in [-0.15, -0.1) is 5.10 Å². The number of fused-ring (bicyclic) bond motifs is 3. The zero-order valence-corrected chi connectivity index (χ0v) is 15.6. The molecule has 3 N–H and O–H groups in total. The molecule has 8 nitrogen and oxygen atoms in total. The van der Waals surface area contributed by atoms with Gasteiger partial charge in [-0.3, -0.25) is 4.79 Å². The number of nitrogens with zero attached hydrogens (tertiary/aromatic N) is 3. The molecule has 0 saturated carbocycles. The molecular weight excluding hydrogens is 320 g/mol. The van der Waals surface area contributed by atoms with E-state index in [4.69, 9.17) is 4.74 Å². The summed E-state index contributed by atoms with van der Waals surface area (Å²) in [6.45, 7) is 5.09. The number of carbonyl (C=O) groups excluding carboxylic acids is 1. The maximum absolute atomic E-state index is 12.4. The van der Waals surface area contributed by atoms with Gasteiger partial charge in [0.1, 0.15) is 18.3 Å². The summed E-state index contributed by atoms with van der Waals surface area (Å²) >= 11 is 0. The number of hydrogen-bond acceptors (Lipinski definition) is 4. The number of piperidine rings is 3. The first kappa shape index (κ1) is 18.3. The number of nitrogens with one attached hydrogen (secondary N) is 3. The van der Waals surface area contributed by atoms with Gasteiger partial charge < -0.3 is 19.9 Å². The number of carbonyl (C=O) groups is 1. The summed E-state index contributed by atoms with van der Waals surface area (Å²) in [4.78, 5) is 15.3. The topological polar surface area (TPSA) is 77.9 Å². The SMILES string of the molecule is COCCNC(=O)[C@H]1C[NH+]2CC[C@@H]1C[C@@H]2Cn1cc(C[NH+](C)C)nn1. The highest BCUT2D eigenvalue weighted by Gasteiger charge is 2.46. The lowest BCUT2D eigenvalue weighted by Crippen LogP contribution is -3.20. The third kappa shape index (κ3) is 4.56. The second-order valence-corrected chi connectivity index (χ2v) is 7.80. The molecule has 3 aliphatic heterocycles. The Bertz CT molecular complexity index is 575. The van der Waals surface area contributed by atoms with E-state index in [0.29, 0.717) is 25.1 Å². The molecule has 3 saturated heterocycles. The van der Waals surface area contributed by atoms with E-state index in [1.54, 1.807) is 12.0 Å². The lowest BCUT2D eigenvalue weighted by Gasteiger charge is -2.46. The van der Waals surface area contributed by atoms with Gasteiger partial charge in [0, 0.05) is 26.5 Å². The summed E-state index contributed by atoms with van der Waals surface area (Å²) in [5.74, 6) is 0.856. The Labute approximate surface area is 149 Å². The number of ether oxygens (including phenoxy) is 1. The molecule has 25 heavy (non-hydrogen) atoms. The molecule has 140 valence electrons. The van der Waals surface area contributed by atoms with Crippen LogP contribution in [0.5, 0.6) is 0 Å². The number of amides is 1. The van der Waals surface area contributed by atoms with Crippen LogP contribution in [0.4, 0.5) is 0 Å². The fraction of sp³-hybridized carbons (Fsp3) is 0.824. The van der Waals surface area contributed by atoms with Crippen LogP contribution in [0.2, 0.25) is 0 Å². The highest BCUT2D eigenvalue weighted by molar-refractivity contribution is 5.79. The predicted molar refractivity (Wildman–Crippen MR) is 92.1 cm³/mol. The van der Waals surface area contributed by atoms with Gasteiger partial charge >= 0.3 is 0 Å². The molecule has 4 heterocycles. The molecule has 4 rings (SSSR count). The molecule has 3 fully saturated rings. The number of methoxy groups -OCH3 is 1. The quantitative estimate of drug-likeness (QED) is 0.435. The Morgan fingerprint density at radius 3 is 3.04 bits per heavy atom. The van der Waals surface area contributed by atoms with Gasteiger partial charge in [-0.1, -0.05) is 5.21 Å². The van der Waals surface area contributed by atoms with Crippen molar-refractivity contribution in [3.05, 3.63) is 11.9 Å². The fourth-order valence-electron chi connectivity index (χ4n) is 4.32. The van der Waals surface area contributed by atoms with Crippen LogP contribution in [0.25, 0.3) is 0 Å². The second kappa shape index (κ2) is 8.25. The van der Waals surface area contributed by atoms with E-state index in [-0.39, 0.29) is 11.8 Å². The van der Waals surface area contributed by atoms with Gasteiger partial charge in [0.25, 0.3) is 0 Å². The van der Waals surface area contributed by atoms with Crippen molar-refractivity contribution in [1.29, 1.82) is 0 Å². The van der Waals surface area contributed by atoms with E-state index in [0.717, 1.165) is 38.2 Å². The zero-order chi connectivity index (χ0) is 17.8. The van der Waals surface area contributed by atoms with Crippen LogP contribution in [-0.2, 0) is 22.6 Å². The zero-order valence-electron chi connectivity index (χ0n) is 15.6. The first-order valence-corrected chi connectivity index (χ1v) is 9.36. The van der Waals surface area contributed by atoms with Crippen LogP contribution >= 0.6 is 0 Å². The molecule has 1 amide bonds. The Balaban J connectivity index is 1.53. The summed E-state index contributed by atoms with van der Waals surface area (Å²) < 4.78 is 7.00. The van der Waals surface area contributed by atoms with Gasteiger partial charge in [0.2, 0.25) is 5.91 Å². The van der Waals surface area contributed by atoms with E-state index in [1.165, 1.54) is 11.4 Å². The Morgan fingerprint density at radius 2 is 2.36 bits per heavy atom. The maximum Gasteiger partial charge on any atom is 0.229 e. The van der Waals surface area contributed by atoms with Gasteiger partial charge in [0.05, 0.1) is 52.5 Å². The van der Waals surface area contributed by atoms with Crippen LogP contribution in [0.3, 0.4) is 0 Å². The van der Waals surface area contributed by atoms with Gasteiger partial charge in [0.15, 0.2) is 0 Å². The largest absolute Gasteiger partial charge is 0.383 e. The van der Waals surface area contributed by atoms with Crippen molar-refractivity contribution in [1.82, 2.24) is 20.3 Å². The molecule has 4 atom stereocenters. The van der Waals surface area contributed by atoms with Crippen molar-refractivity contribution in [2.45, 2.75) is 32.0 Å². The molecule has 2 bridgehead atoms. The third-order valence-electron chi connectivity index (χ3n) is 5.52. The molecule has 3 aliphatic rings. The average molecular weight is 352 g/mol. The lowest BCUT2D eigenvalue weighted by atomic mass is 9.75. The van der Waals surface area contributed by atoms with Crippen molar-refractivity contribution in [2.24, 2.45) is 11.8 Å². The summed E-state index contributed by atoms with van der Waals surface area (Å²) in [5.41, 5.74) is 1.04. The van der Waals surface area contributed by atoms with Crippen LogP contribution in [0.15, 0.2) is 6.20 Å². The van der Waals surface area contributed by atoms with Crippen molar-refractivity contribution in [3.63, 3.8) is 0 Å². The fourth-order valence-corrected chi connectivity index (χ4v) is 4.32. The highest BCUT2D eigenvalue weighted by atomic mass is 16.5. The molecule has 8 heteroatoms. The molecule has 1 aromatic rings. The summed E-state index contributed by atoms with van der Waals surface area (Å²) in [5, 5.41) is 11.6. The normalized spacial score (nSPS) is 28.5. The standard InChI is InChI=1S/C17H30N6O2/c1-21(2)9-14-10-23(20-19-14)11-15-8-13-4-6-22(15)12-16(13)17(24)18-5-7-25-3/h10,13,15-16H,4-9,11-12H2,1-3H3,(H,18,24)/p+2/t13-,15-,16+/m1/s1. The Morgan fingerprint density at radius 1 is 1.52 bits per heavy atom. The van der Waals surface area contributed by atoms with Gasteiger partial charge in [-0.25, -0.2) is 4.68 Å². The molecule has 0 radical (unpaired) electrons. The lowest BCUT2D eigenvalue weighted by molar-refractivity contribution is -0.945. The van der Waals surface area contributed by atoms with Crippen molar-refractivity contribution < 1.29 is 19.3 Å². The highest BCUT2D eigenvalue weighted by Crippen LogP contribution is 2.27. The molecular formula is C17H32N6O2+2. The van der Waals surface area contributed by atoms with E-state index >= 15 is 0 Å². The Kier molecular flexibility index (Phi) is 6.03. The number of aromatic nitrogens is 3. The van der Waals surface area contributed by atoms with Crippen LogP contribution in [0.1, 0.15) is 18.5 Å².